The largest absolute Gasteiger partial charge is 0.356 e. The van der Waals surface area contributed by atoms with E-state index < -0.39 is 0 Å². The maximum Gasteiger partial charge on any atom is 0.132 e. The molecule has 4 rings (SSSR count). The summed E-state index contributed by atoms with van der Waals surface area (Å²) in [5, 5.41) is 0. The van der Waals surface area contributed by atoms with E-state index in [1.807, 2.05) is 25.4 Å². The number of fused-ring (bicyclic) bond motifs is 1. The van der Waals surface area contributed by atoms with Gasteiger partial charge < -0.3 is 9.80 Å². The first-order valence-corrected chi connectivity index (χ1v) is 8.39. The fraction of sp³-hybridized carbons (Fsp3) is 0.438. The van der Waals surface area contributed by atoms with Gasteiger partial charge in [0.25, 0.3) is 0 Å². The number of hydrogen-bond acceptors (Lipinski definition) is 5. The van der Waals surface area contributed by atoms with E-state index in [9.17, 15) is 0 Å². The summed E-state index contributed by atoms with van der Waals surface area (Å²) in [7, 11) is 0. The maximum absolute atomic E-state index is 4.55. The minimum atomic E-state index is 0.695. The van der Waals surface area contributed by atoms with Crippen molar-refractivity contribution in [2.24, 2.45) is 11.8 Å². The van der Waals surface area contributed by atoms with Gasteiger partial charge in [0.15, 0.2) is 0 Å². The van der Waals surface area contributed by atoms with Gasteiger partial charge in [-0.3, -0.25) is 0 Å². The highest BCUT2D eigenvalue weighted by atomic mass is 79.9. The van der Waals surface area contributed by atoms with E-state index in [2.05, 4.69) is 52.8 Å². The first-order chi connectivity index (χ1) is 10.7. The zero-order chi connectivity index (χ0) is 15.1. The molecule has 2 aromatic rings. The third-order valence-corrected chi connectivity index (χ3v) is 5.08. The van der Waals surface area contributed by atoms with Crippen molar-refractivity contribution in [3.63, 3.8) is 0 Å². The molecule has 22 heavy (non-hydrogen) atoms. The van der Waals surface area contributed by atoms with Gasteiger partial charge >= 0.3 is 0 Å². The highest BCUT2D eigenvalue weighted by Gasteiger charge is 2.40. The molecule has 6 heteroatoms. The Hall–Kier alpha value is -1.69. The monoisotopic (exact) mass is 359 g/mol. The average molecular weight is 360 g/mol. The van der Waals surface area contributed by atoms with Crippen molar-refractivity contribution < 1.29 is 0 Å². The third-order valence-electron chi connectivity index (χ3n) is 4.61. The second-order valence-corrected chi connectivity index (χ2v) is 7.04. The van der Waals surface area contributed by atoms with Crippen LogP contribution in [0.15, 0.2) is 35.1 Å². The van der Waals surface area contributed by atoms with Gasteiger partial charge in [-0.25, -0.2) is 15.0 Å². The minimum Gasteiger partial charge on any atom is -0.356 e. The lowest BCUT2D eigenvalue weighted by Gasteiger charge is -2.23. The Bertz CT molecular complexity index is 660. The lowest BCUT2D eigenvalue weighted by molar-refractivity contribution is 0.533. The molecule has 2 fully saturated rings. The number of halogens is 1. The number of pyridine rings is 1. The molecule has 0 bridgehead atoms. The number of nitrogens with zero attached hydrogens (tertiary/aromatic N) is 5. The Balaban J connectivity index is 1.45. The molecule has 0 spiro atoms. The summed E-state index contributed by atoms with van der Waals surface area (Å²) in [6.45, 7) is 6.27. The minimum absolute atomic E-state index is 0.695. The summed E-state index contributed by atoms with van der Waals surface area (Å²) in [5.41, 5.74) is 0. The van der Waals surface area contributed by atoms with Gasteiger partial charge in [-0.1, -0.05) is 0 Å². The number of hydrogen-bond donors (Lipinski definition) is 0. The van der Waals surface area contributed by atoms with Crippen LogP contribution in [-0.4, -0.2) is 41.1 Å². The SMILES string of the molecule is Cc1nccc(N2CC3CN(c4ccc(Br)cn4)CC3C2)n1. The number of aryl methyl sites for hydroxylation is 1. The fourth-order valence-electron chi connectivity index (χ4n) is 3.54. The quantitative estimate of drug-likeness (QED) is 0.824. The number of anilines is 2. The van der Waals surface area contributed by atoms with E-state index in [1.165, 1.54) is 0 Å². The molecule has 2 unspecified atom stereocenters. The van der Waals surface area contributed by atoms with Crippen molar-refractivity contribution in [1.82, 2.24) is 15.0 Å². The number of aromatic nitrogens is 3. The van der Waals surface area contributed by atoms with Gasteiger partial charge in [0, 0.05) is 54.9 Å². The van der Waals surface area contributed by atoms with Crippen LogP contribution in [0.3, 0.4) is 0 Å². The van der Waals surface area contributed by atoms with Crippen molar-refractivity contribution in [2.75, 3.05) is 36.0 Å². The first-order valence-electron chi connectivity index (χ1n) is 7.60. The van der Waals surface area contributed by atoms with Crippen LogP contribution < -0.4 is 9.80 Å². The summed E-state index contributed by atoms with van der Waals surface area (Å²) < 4.78 is 1.03. The smallest absolute Gasteiger partial charge is 0.132 e. The van der Waals surface area contributed by atoms with Gasteiger partial charge in [-0.2, -0.15) is 0 Å². The van der Waals surface area contributed by atoms with E-state index in [0.717, 1.165) is 48.1 Å². The molecule has 0 amide bonds. The summed E-state index contributed by atoms with van der Waals surface area (Å²) in [4.78, 5) is 18.1. The van der Waals surface area contributed by atoms with Crippen LogP contribution in [-0.2, 0) is 0 Å². The summed E-state index contributed by atoms with van der Waals surface area (Å²) in [5.74, 6) is 4.38. The lowest BCUT2D eigenvalue weighted by atomic mass is 10.0. The molecule has 2 aromatic heterocycles. The maximum atomic E-state index is 4.55. The van der Waals surface area contributed by atoms with Crippen LogP contribution in [0.25, 0.3) is 0 Å². The molecule has 0 radical (unpaired) electrons. The highest BCUT2D eigenvalue weighted by molar-refractivity contribution is 9.10. The van der Waals surface area contributed by atoms with E-state index in [1.54, 1.807) is 0 Å². The molecular formula is C16H18BrN5. The highest BCUT2D eigenvalue weighted by Crippen LogP contribution is 2.35. The lowest BCUT2D eigenvalue weighted by Crippen LogP contribution is -2.29. The van der Waals surface area contributed by atoms with Gasteiger partial charge in [0.1, 0.15) is 17.5 Å². The summed E-state index contributed by atoms with van der Waals surface area (Å²) >= 11 is 3.44. The van der Waals surface area contributed by atoms with Gasteiger partial charge in [0.05, 0.1) is 0 Å². The van der Waals surface area contributed by atoms with Gasteiger partial charge in [0.2, 0.25) is 0 Å². The van der Waals surface area contributed by atoms with Crippen LogP contribution >= 0.6 is 15.9 Å². The Kier molecular flexibility index (Phi) is 3.48. The van der Waals surface area contributed by atoms with Crippen molar-refractivity contribution in [3.05, 3.63) is 40.9 Å². The summed E-state index contributed by atoms with van der Waals surface area (Å²) in [6.07, 6.45) is 3.73. The van der Waals surface area contributed by atoms with Crippen molar-refractivity contribution >= 4 is 27.6 Å². The van der Waals surface area contributed by atoms with E-state index >= 15 is 0 Å². The topological polar surface area (TPSA) is 45.2 Å². The van der Waals surface area contributed by atoms with E-state index in [-0.39, 0.29) is 0 Å². The second-order valence-electron chi connectivity index (χ2n) is 6.13. The van der Waals surface area contributed by atoms with Gasteiger partial charge in [-0.15, -0.1) is 0 Å². The Morgan fingerprint density at radius 3 is 2.23 bits per heavy atom. The van der Waals surface area contributed by atoms with E-state index in [0.29, 0.717) is 11.8 Å². The molecule has 0 saturated carbocycles. The molecular weight excluding hydrogens is 342 g/mol. The first kappa shape index (κ1) is 13.9. The molecule has 0 aliphatic carbocycles. The molecule has 2 aliphatic rings. The molecule has 0 aromatic carbocycles. The normalized spacial score (nSPS) is 23.9. The zero-order valence-electron chi connectivity index (χ0n) is 12.5. The van der Waals surface area contributed by atoms with Crippen molar-refractivity contribution in [3.8, 4) is 0 Å². The molecule has 0 N–H and O–H groups in total. The molecule has 2 atom stereocenters. The van der Waals surface area contributed by atoms with Crippen LogP contribution in [0.2, 0.25) is 0 Å². The summed E-state index contributed by atoms with van der Waals surface area (Å²) in [6, 6.07) is 6.17. The van der Waals surface area contributed by atoms with Gasteiger partial charge in [-0.05, 0) is 41.1 Å². The van der Waals surface area contributed by atoms with Crippen molar-refractivity contribution in [1.29, 1.82) is 0 Å². The molecule has 114 valence electrons. The standard InChI is InChI=1S/C16H18BrN5/c1-11-18-5-4-16(20-11)22-9-12-7-21(8-13(12)10-22)15-3-2-14(17)6-19-15/h2-6,12-13H,7-10H2,1H3. The average Bonchev–Trinajstić information content (AvgIpc) is 3.06. The van der Waals surface area contributed by atoms with E-state index in [4.69, 9.17) is 0 Å². The fourth-order valence-corrected chi connectivity index (χ4v) is 3.78. The van der Waals surface area contributed by atoms with Crippen LogP contribution in [0, 0.1) is 18.8 Å². The zero-order valence-corrected chi connectivity index (χ0v) is 14.1. The molecule has 5 nitrogen and oxygen atoms in total. The number of rotatable bonds is 2. The Labute approximate surface area is 138 Å². The third kappa shape index (κ3) is 2.56. The van der Waals surface area contributed by atoms with Crippen LogP contribution in [0.5, 0.6) is 0 Å². The second kappa shape index (κ2) is 5.50. The Morgan fingerprint density at radius 1 is 0.955 bits per heavy atom. The predicted octanol–water partition coefficient (Wildman–Crippen LogP) is 2.52. The molecule has 4 heterocycles. The predicted molar refractivity (Wildman–Crippen MR) is 90.1 cm³/mol. The van der Waals surface area contributed by atoms with Crippen LogP contribution in [0.4, 0.5) is 11.6 Å². The molecule has 2 saturated heterocycles. The molecule has 2 aliphatic heterocycles. The van der Waals surface area contributed by atoms with Crippen molar-refractivity contribution in [2.45, 2.75) is 6.92 Å². The Morgan fingerprint density at radius 2 is 1.64 bits per heavy atom. The van der Waals surface area contributed by atoms with Crippen LogP contribution in [0.1, 0.15) is 5.82 Å².